The Hall–Kier alpha value is -2.63. The fraction of sp³-hybridized carbons (Fsp3) is 0.353. The molecule has 0 spiro atoms. The van der Waals surface area contributed by atoms with Crippen molar-refractivity contribution in [2.45, 2.75) is 32.1 Å². The number of carbonyl (C=O) groups is 2. The van der Waals surface area contributed by atoms with Crippen molar-refractivity contribution >= 4 is 23.2 Å². The highest BCUT2D eigenvalue weighted by molar-refractivity contribution is 6.08. The van der Waals surface area contributed by atoms with Gasteiger partial charge in [0.15, 0.2) is 5.69 Å². The first kappa shape index (κ1) is 15.3. The Balaban J connectivity index is 1.62. The summed E-state index contributed by atoms with van der Waals surface area (Å²) in [5.41, 5.74) is 1.29. The average molecular weight is 312 g/mol. The Kier molecular flexibility index (Phi) is 4.71. The number of carbonyl (C=O) groups excluding carboxylic acids is 2. The zero-order valence-electron chi connectivity index (χ0n) is 12.8. The Morgan fingerprint density at radius 3 is 2.61 bits per heavy atom. The predicted molar refractivity (Wildman–Crippen MR) is 88.2 cm³/mol. The van der Waals surface area contributed by atoms with Crippen LogP contribution in [0.3, 0.4) is 0 Å². The highest BCUT2D eigenvalue weighted by atomic mass is 16.2. The molecule has 6 nitrogen and oxygen atoms in total. The molecule has 0 saturated heterocycles. The molecule has 2 amide bonds. The number of H-pyrrole nitrogens is 1. The van der Waals surface area contributed by atoms with Crippen LogP contribution in [0.1, 0.15) is 42.6 Å². The smallest absolute Gasteiger partial charge is 0.278 e. The molecule has 1 heterocycles. The van der Waals surface area contributed by atoms with Crippen LogP contribution in [0.25, 0.3) is 0 Å². The van der Waals surface area contributed by atoms with Crippen LogP contribution in [0, 0.1) is 5.92 Å². The highest BCUT2D eigenvalue weighted by Gasteiger charge is 2.21. The number of nitrogens with zero attached hydrogens (tertiary/aromatic N) is 1. The van der Waals surface area contributed by atoms with Crippen LogP contribution in [-0.2, 0) is 4.79 Å². The lowest BCUT2D eigenvalue weighted by Gasteiger charge is -2.09. The van der Waals surface area contributed by atoms with E-state index in [1.807, 2.05) is 18.2 Å². The molecular formula is C17H20N4O2. The first-order valence-corrected chi connectivity index (χ1v) is 7.92. The topological polar surface area (TPSA) is 86.9 Å². The van der Waals surface area contributed by atoms with Gasteiger partial charge in [-0.3, -0.25) is 14.7 Å². The largest absolute Gasteiger partial charge is 0.323 e. The Morgan fingerprint density at radius 2 is 1.87 bits per heavy atom. The summed E-state index contributed by atoms with van der Waals surface area (Å²) < 4.78 is 0. The maximum Gasteiger partial charge on any atom is 0.278 e. The standard InChI is InChI=1S/C17H20N4O2/c22-15(10-12-6-4-5-7-12)20-14-11-18-21-16(14)17(23)19-13-8-2-1-3-9-13/h1-3,8-9,11-12H,4-7,10H2,(H,18,21)(H,19,23)(H,20,22). The molecular weight excluding hydrogens is 292 g/mol. The molecule has 0 aliphatic heterocycles. The lowest BCUT2D eigenvalue weighted by Crippen LogP contribution is -2.19. The van der Waals surface area contributed by atoms with Gasteiger partial charge in [-0.25, -0.2) is 0 Å². The number of aromatic amines is 1. The Labute approximate surface area is 134 Å². The molecule has 1 saturated carbocycles. The van der Waals surface area contributed by atoms with Crippen LogP contribution in [-0.4, -0.2) is 22.0 Å². The molecule has 23 heavy (non-hydrogen) atoms. The van der Waals surface area contributed by atoms with Gasteiger partial charge in [0.25, 0.3) is 5.91 Å². The first-order valence-electron chi connectivity index (χ1n) is 7.92. The highest BCUT2D eigenvalue weighted by Crippen LogP contribution is 2.28. The molecule has 3 N–H and O–H groups in total. The lowest BCUT2D eigenvalue weighted by atomic mass is 10.0. The zero-order chi connectivity index (χ0) is 16.1. The SMILES string of the molecule is O=C(CC1CCCC1)Nc1c[nH]nc1C(=O)Nc1ccccc1. The summed E-state index contributed by atoms with van der Waals surface area (Å²) in [5, 5.41) is 12.1. The normalized spacial score (nSPS) is 14.6. The van der Waals surface area contributed by atoms with Crippen molar-refractivity contribution in [2.75, 3.05) is 10.6 Å². The second-order valence-corrected chi connectivity index (χ2v) is 5.87. The monoisotopic (exact) mass is 312 g/mol. The van der Waals surface area contributed by atoms with Crippen LogP contribution in [0.15, 0.2) is 36.5 Å². The summed E-state index contributed by atoms with van der Waals surface area (Å²) in [4.78, 5) is 24.4. The van der Waals surface area contributed by atoms with Gasteiger partial charge in [-0.2, -0.15) is 5.10 Å². The zero-order valence-corrected chi connectivity index (χ0v) is 12.8. The van der Waals surface area contributed by atoms with E-state index < -0.39 is 0 Å². The lowest BCUT2D eigenvalue weighted by molar-refractivity contribution is -0.117. The number of rotatable bonds is 5. The summed E-state index contributed by atoms with van der Waals surface area (Å²) in [6.45, 7) is 0. The van der Waals surface area contributed by atoms with Crippen molar-refractivity contribution in [1.29, 1.82) is 0 Å². The van der Waals surface area contributed by atoms with E-state index in [9.17, 15) is 9.59 Å². The van der Waals surface area contributed by atoms with Gasteiger partial charge in [-0.15, -0.1) is 0 Å². The van der Waals surface area contributed by atoms with Crippen molar-refractivity contribution in [3.8, 4) is 0 Å². The number of hydrogen-bond donors (Lipinski definition) is 3. The molecule has 0 atom stereocenters. The Bertz CT molecular complexity index is 675. The number of hydrogen-bond acceptors (Lipinski definition) is 3. The second kappa shape index (κ2) is 7.09. The molecule has 120 valence electrons. The van der Waals surface area contributed by atoms with E-state index in [0.29, 0.717) is 23.7 Å². The van der Waals surface area contributed by atoms with E-state index in [1.165, 1.54) is 19.0 Å². The first-order chi connectivity index (χ1) is 11.2. The molecule has 2 aromatic rings. The third-order valence-corrected chi connectivity index (χ3v) is 4.11. The summed E-state index contributed by atoms with van der Waals surface area (Å²) in [6.07, 6.45) is 6.67. The molecule has 1 fully saturated rings. The van der Waals surface area contributed by atoms with Crippen molar-refractivity contribution in [2.24, 2.45) is 5.92 Å². The van der Waals surface area contributed by atoms with Crippen molar-refractivity contribution in [1.82, 2.24) is 10.2 Å². The molecule has 6 heteroatoms. The van der Waals surface area contributed by atoms with Crippen LogP contribution in [0.4, 0.5) is 11.4 Å². The van der Waals surface area contributed by atoms with Crippen LogP contribution in [0.5, 0.6) is 0 Å². The minimum absolute atomic E-state index is 0.0629. The van der Waals surface area contributed by atoms with Gasteiger partial charge in [-0.1, -0.05) is 31.0 Å². The van der Waals surface area contributed by atoms with E-state index in [1.54, 1.807) is 12.1 Å². The summed E-state index contributed by atoms with van der Waals surface area (Å²) in [6, 6.07) is 9.14. The number of nitrogens with one attached hydrogen (secondary N) is 3. The van der Waals surface area contributed by atoms with E-state index in [4.69, 9.17) is 0 Å². The van der Waals surface area contributed by atoms with Gasteiger partial charge < -0.3 is 10.6 Å². The minimum atomic E-state index is -0.353. The second-order valence-electron chi connectivity index (χ2n) is 5.87. The van der Waals surface area contributed by atoms with Gasteiger partial charge in [0.1, 0.15) is 0 Å². The average Bonchev–Trinajstić information content (AvgIpc) is 3.20. The predicted octanol–water partition coefficient (Wildman–Crippen LogP) is 3.18. The van der Waals surface area contributed by atoms with E-state index in [2.05, 4.69) is 20.8 Å². The van der Waals surface area contributed by atoms with E-state index in [0.717, 1.165) is 12.8 Å². The molecule has 1 aromatic heterocycles. The van der Waals surface area contributed by atoms with Crippen molar-refractivity contribution < 1.29 is 9.59 Å². The fourth-order valence-corrected chi connectivity index (χ4v) is 2.95. The summed E-state index contributed by atoms with van der Waals surface area (Å²) in [5.74, 6) is 0.0455. The molecule has 3 rings (SSSR count). The molecule has 0 unspecified atom stereocenters. The quantitative estimate of drug-likeness (QED) is 0.792. The summed E-state index contributed by atoms with van der Waals surface area (Å²) in [7, 11) is 0. The molecule has 0 bridgehead atoms. The van der Waals surface area contributed by atoms with Crippen molar-refractivity contribution in [3.63, 3.8) is 0 Å². The van der Waals surface area contributed by atoms with Crippen molar-refractivity contribution in [3.05, 3.63) is 42.2 Å². The number of benzene rings is 1. The number of amides is 2. The van der Waals surface area contributed by atoms with Gasteiger partial charge in [0.2, 0.25) is 5.91 Å². The molecule has 1 aliphatic rings. The molecule has 0 radical (unpaired) electrons. The van der Waals surface area contributed by atoms with Gasteiger partial charge in [-0.05, 0) is 30.9 Å². The van der Waals surface area contributed by atoms with Gasteiger partial charge >= 0.3 is 0 Å². The van der Waals surface area contributed by atoms with E-state index >= 15 is 0 Å². The van der Waals surface area contributed by atoms with Gasteiger partial charge in [0, 0.05) is 18.3 Å². The fourth-order valence-electron chi connectivity index (χ4n) is 2.95. The number of anilines is 2. The van der Waals surface area contributed by atoms with Crippen LogP contribution < -0.4 is 10.6 Å². The minimum Gasteiger partial charge on any atom is -0.323 e. The summed E-state index contributed by atoms with van der Waals surface area (Å²) >= 11 is 0. The Morgan fingerprint density at radius 1 is 1.13 bits per heavy atom. The number of para-hydroxylation sites is 1. The molecule has 1 aromatic carbocycles. The van der Waals surface area contributed by atoms with Crippen LogP contribution in [0.2, 0.25) is 0 Å². The third kappa shape index (κ3) is 3.97. The van der Waals surface area contributed by atoms with Gasteiger partial charge in [0.05, 0.1) is 5.69 Å². The molecule has 1 aliphatic carbocycles. The maximum atomic E-state index is 12.3. The third-order valence-electron chi connectivity index (χ3n) is 4.11. The number of aromatic nitrogens is 2. The van der Waals surface area contributed by atoms with E-state index in [-0.39, 0.29) is 17.5 Å². The van der Waals surface area contributed by atoms with Crippen LogP contribution >= 0.6 is 0 Å². The maximum absolute atomic E-state index is 12.3.